The minimum absolute atomic E-state index is 0.681. The Morgan fingerprint density at radius 3 is 2.73 bits per heavy atom. The normalized spacial score (nSPS) is 24.6. The summed E-state index contributed by atoms with van der Waals surface area (Å²) in [4.78, 5) is 5.01. The van der Waals surface area contributed by atoms with Gasteiger partial charge in [0.1, 0.15) is 0 Å². The van der Waals surface area contributed by atoms with E-state index in [9.17, 15) is 0 Å². The number of nitrogens with two attached hydrogens (primary N) is 1. The Hall–Kier alpha value is -0.160. The van der Waals surface area contributed by atoms with Crippen molar-refractivity contribution in [2.24, 2.45) is 5.73 Å². The zero-order chi connectivity index (χ0) is 11.1. The van der Waals surface area contributed by atoms with Gasteiger partial charge in [0.15, 0.2) is 0 Å². The van der Waals surface area contributed by atoms with Crippen molar-refractivity contribution in [1.82, 2.24) is 9.80 Å². The molecule has 15 heavy (non-hydrogen) atoms. The van der Waals surface area contributed by atoms with Crippen LogP contribution < -0.4 is 5.73 Å². The van der Waals surface area contributed by atoms with Gasteiger partial charge in [-0.2, -0.15) is 0 Å². The first-order valence-corrected chi connectivity index (χ1v) is 5.97. The summed E-state index contributed by atoms with van der Waals surface area (Å²) in [5.74, 6) is 0. The van der Waals surface area contributed by atoms with E-state index in [0.29, 0.717) is 6.04 Å². The topological polar surface area (TPSA) is 41.7 Å². The molecule has 2 N–H and O–H groups in total. The fraction of sp³-hybridized carbons (Fsp3) is 1.00. The monoisotopic (exact) mass is 215 g/mol. The molecule has 1 saturated heterocycles. The predicted octanol–water partition coefficient (Wildman–Crippen LogP) is -0.0123. The van der Waals surface area contributed by atoms with Crippen molar-refractivity contribution in [3.8, 4) is 0 Å². The molecule has 1 rings (SSSR count). The molecule has 0 amide bonds. The van der Waals surface area contributed by atoms with E-state index in [1.165, 1.54) is 6.42 Å². The maximum absolute atomic E-state index is 5.59. The van der Waals surface area contributed by atoms with E-state index in [1.54, 1.807) is 7.11 Å². The molecule has 1 unspecified atom stereocenters. The first-order chi connectivity index (χ1) is 7.31. The Bertz CT molecular complexity index is 166. The molecule has 0 spiro atoms. The van der Waals surface area contributed by atoms with Crippen LogP contribution in [0.5, 0.6) is 0 Å². The lowest BCUT2D eigenvalue weighted by atomic mass is 10.1. The Morgan fingerprint density at radius 1 is 1.33 bits per heavy atom. The molecule has 0 radical (unpaired) electrons. The van der Waals surface area contributed by atoms with E-state index in [1.807, 2.05) is 0 Å². The fourth-order valence-corrected chi connectivity index (χ4v) is 2.23. The molecule has 0 aromatic carbocycles. The van der Waals surface area contributed by atoms with Gasteiger partial charge in [0.2, 0.25) is 0 Å². The molecular formula is C11H25N3O. The quantitative estimate of drug-likeness (QED) is 0.676. The van der Waals surface area contributed by atoms with E-state index in [-0.39, 0.29) is 0 Å². The van der Waals surface area contributed by atoms with Crippen LogP contribution in [0.2, 0.25) is 0 Å². The van der Waals surface area contributed by atoms with E-state index in [0.717, 1.165) is 45.9 Å². The van der Waals surface area contributed by atoms with Gasteiger partial charge in [-0.1, -0.05) is 6.92 Å². The number of methoxy groups -OCH3 is 1. The Labute approximate surface area is 93.4 Å². The van der Waals surface area contributed by atoms with E-state index in [4.69, 9.17) is 10.5 Å². The molecule has 4 heteroatoms. The van der Waals surface area contributed by atoms with Gasteiger partial charge in [-0.05, 0) is 6.42 Å². The second-order valence-corrected chi connectivity index (χ2v) is 4.18. The summed E-state index contributed by atoms with van der Waals surface area (Å²) in [6.45, 7) is 9.44. The SMILES string of the molecule is CCC1CN(CCN)CCN1CCOC. The standard InChI is InChI=1S/C11H25N3O/c1-3-11-10-13(5-4-12)6-7-14(11)8-9-15-2/h11H,3-10,12H2,1-2H3. The largest absolute Gasteiger partial charge is 0.383 e. The highest BCUT2D eigenvalue weighted by molar-refractivity contribution is 4.81. The zero-order valence-corrected chi connectivity index (χ0v) is 10.1. The van der Waals surface area contributed by atoms with Crippen molar-refractivity contribution in [2.45, 2.75) is 19.4 Å². The highest BCUT2D eigenvalue weighted by Gasteiger charge is 2.24. The van der Waals surface area contributed by atoms with Crippen molar-refractivity contribution in [1.29, 1.82) is 0 Å². The third kappa shape index (κ3) is 4.07. The van der Waals surface area contributed by atoms with Crippen LogP contribution in [0.1, 0.15) is 13.3 Å². The average Bonchev–Trinajstić information content (AvgIpc) is 2.27. The first kappa shape index (κ1) is 12.9. The third-order valence-corrected chi connectivity index (χ3v) is 3.19. The van der Waals surface area contributed by atoms with Gasteiger partial charge in [0.05, 0.1) is 6.61 Å². The molecule has 0 aromatic rings. The highest BCUT2D eigenvalue weighted by Crippen LogP contribution is 2.11. The predicted molar refractivity (Wildman–Crippen MR) is 63.0 cm³/mol. The Kier molecular flexibility index (Phi) is 6.17. The molecule has 0 saturated carbocycles. The van der Waals surface area contributed by atoms with Gasteiger partial charge in [0, 0.05) is 52.4 Å². The van der Waals surface area contributed by atoms with Gasteiger partial charge in [-0.15, -0.1) is 0 Å². The van der Waals surface area contributed by atoms with Crippen molar-refractivity contribution >= 4 is 0 Å². The molecular weight excluding hydrogens is 190 g/mol. The van der Waals surface area contributed by atoms with Crippen molar-refractivity contribution in [3.05, 3.63) is 0 Å². The number of hydrogen-bond donors (Lipinski definition) is 1. The minimum Gasteiger partial charge on any atom is -0.383 e. The molecule has 0 aromatic heterocycles. The lowest BCUT2D eigenvalue weighted by Crippen LogP contribution is -2.54. The summed E-state index contributed by atoms with van der Waals surface area (Å²) in [6, 6.07) is 0.681. The molecule has 90 valence electrons. The first-order valence-electron chi connectivity index (χ1n) is 5.97. The number of rotatable bonds is 6. The summed E-state index contributed by atoms with van der Waals surface area (Å²) < 4.78 is 5.14. The zero-order valence-electron chi connectivity index (χ0n) is 10.1. The molecule has 1 aliphatic rings. The average molecular weight is 215 g/mol. The molecule has 4 nitrogen and oxygen atoms in total. The van der Waals surface area contributed by atoms with Crippen LogP contribution in [0.15, 0.2) is 0 Å². The molecule has 1 atom stereocenters. The van der Waals surface area contributed by atoms with Gasteiger partial charge in [-0.3, -0.25) is 9.80 Å². The van der Waals surface area contributed by atoms with Crippen LogP contribution in [-0.4, -0.2) is 68.8 Å². The second kappa shape index (κ2) is 7.17. The number of piperazine rings is 1. The van der Waals surface area contributed by atoms with E-state index >= 15 is 0 Å². The van der Waals surface area contributed by atoms with Crippen molar-refractivity contribution < 1.29 is 4.74 Å². The third-order valence-electron chi connectivity index (χ3n) is 3.19. The smallest absolute Gasteiger partial charge is 0.0589 e. The van der Waals surface area contributed by atoms with Crippen molar-refractivity contribution in [2.75, 3.05) is 53.0 Å². The fourth-order valence-electron chi connectivity index (χ4n) is 2.23. The number of hydrogen-bond acceptors (Lipinski definition) is 4. The van der Waals surface area contributed by atoms with Gasteiger partial charge < -0.3 is 10.5 Å². The van der Waals surface area contributed by atoms with Crippen LogP contribution in [0.25, 0.3) is 0 Å². The second-order valence-electron chi connectivity index (χ2n) is 4.18. The molecule has 1 heterocycles. The lowest BCUT2D eigenvalue weighted by Gasteiger charge is -2.41. The summed E-state index contributed by atoms with van der Waals surface area (Å²) in [5, 5.41) is 0. The Morgan fingerprint density at radius 2 is 2.13 bits per heavy atom. The lowest BCUT2D eigenvalue weighted by molar-refractivity contribution is 0.0511. The van der Waals surface area contributed by atoms with Crippen LogP contribution in [-0.2, 0) is 4.74 Å². The van der Waals surface area contributed by atoms with E-state index in [2.05, 4.69) is 16.7 Å². The van der Waals surface area contributed by atoms with Crippen LogP contribution in [0, 0.1) is 0 Å². The maximum atomic E-state index is 5.59. The molecule has 1 fully saturated rings. The van der Waals surface area contributed by atoms with Gasteiger partial charge >= 0.3 is 0 Å². The number of ether oxygens (including phenoxy) is 1. The Balaban J connectivity index is 2.34. The highest BCUT2D eigenvalue weighted by atomic mass is 16.5. The maximum Gasteiger partial charge on any atom is 0.0589 e. The van der Waals surface area contributed by atoms with Gasteiger partial charge in [0.25, 0.3) is 0 Å². The number of nitrogens with zero attached hydrogens (tertiary/aromatic N) is 2. The van der Waals surface area contributed by atoms with Crippen LogP contribution in [0.4, 0.5) is 0 Å². The van der Waals surface area contributed by atoms with E-state index < -0.39 is 0 Å². The summed E-state index contributed by atoms with van der Waals surface area (Å²) >= 11 is 0. The summed E-state index contributed by atoms with van der Waals surface area (Å²) in [5.41, 5.74) is 5.59. The van der Waals surface area contributed by atoms with Gasteiger partial charge in [-0.25, -0.2) is 0 Å². The van der Waals surface area contributed by atoms with Crippen LogP contribution >= 0.6 is 0 Å². The molecule has 1 aliphatic heterocycles. The summed E-state index contributed by atoms with van der Waals surface area (Å²) in [7, 11) is 1.77. The minimum atomic E-state index is 0.681. The molecule has 0 aliphatic carbocycles. The van der Waals surface area contributed by atoms with Crippen molar-refractivity contribution in [3.63, 3.8) is 0 Å². The van der Waals surface area contributed by atoms with Crippen LogP contribution in [0.3, 0.4) is 0 Å². The summed E-state index contributed by atoms with van der Waals surface area (Å²) in [6.07, 6.45) is 1.21. The molecule has 0 bridgehead atoms.